The fraction of sp³-hybridized carbons (Fsp3) is 0.647. The number of ether oxygens (including phenoxy) is 1. The molecule has 0 spiro atoms. The summed E-state index contributed by atoms with van der Waals surface area (Å²) in [6.07, 6.45) is 5.93. The Hall–Kier alpha value is -2.07. The third-order valence-electron chi connectivity index (χ3n) is 5.08. The van der Waals surface area contributed by atoms with E-state index in [-0.39, 0.29) is 48.2 Å². The zero-order chi connectivity index (χ0) is 19.4. The Kier molecular flexibility index (Phi) is 6.05. The second-order valence-corrected chi connectivity index (χ2v) is 9.50. The van der Waals surface area contributed by atoms with Crippen LogP contribution >= 0.6 is 0 Å². The summed E-state index contributed by atoms with van der Waals surface area (Å²) in [7, 11) is -3.17. The van der Waals surface area contributed by atoms with Gasteiger partial charge < -0.3 is 15.0 Å². The molecule has 9 nitrogen and oxygen atoms in total. The quantitative estimate of drug-likeness (QED) is 0.717. The molecule has 10 heteroatoms. The molecule has 2 fully saturated rings. The highest BCUT2D eigenvalue weighted by molar-refractivity contribution is 7.90. The zero-order valence-electron chi connectivity index (χ0n) is 15.2. The van der Waals surface area contributed by atoms with Crippen LogP contribution in [-0.2, 0) is 24.2 Å². The van der Waals surface area contributed by atoms with Crippen molar-refractivity contribution in [2.24, 2.45) is 17.8 Å². The molecule has 1 aromatic rings. The predicted octanol–water partition coefficient (Wildman–Crippen LogP) is -0.0391. The molecule has 0 aliphatic carbocycles. The van der Waals surface area contributed by atoms with Crippen LogP contribution in [-0.4, -0.2) is 73.4 Å². The van der Waals surface area contributed by atoms with Gasteiger partial charge in [0.2, 0.25) is 11.8 Å². The fourth-order valence-electron chi connectivity index (χ4n) is 3.74. The van der Waals surface area contributed by atoms with Crippen LogP contribution in [0.1, 0.15) is 12.8 Å². The van der Waals surface area contributed by atoms with E-state index in [9.17, 15) is 18.0 Å². The molecule has 2 aliphatic rings. The van der Waals surface area contributed by atoms with Gasteiger partial charge >= 0.3 is 0 Å². The lowest BCUT2D eigenvalue weighted by Crippen LogP contribution is -2.37. The zero-order valence-corrected chi connectivity index (χ0v) is 16.0. The number of carbonyl (C=O) groups is 2. The molecule has 0 radical (unpaired) electrons. The third-order valence-corrected chi connectivity index (χ3v) is 6.02. The number of amides is 2. The molecule has 0 bridgehead atoms. The first-order valence-electron chi connectivity index (χ1n) is 8.91. The molecule has 1 N–H and O–H groups in total. The number of rotatable bonds is 6. The average molecular weight is 396 g/mol. The summed E-state index contributed by atoms with van der Waals surface area (Å²) < 4.78 is 28.2. The first kappa shape index (κ1) is 19.7. The van der Waals surface area contributed by atoms with E-state index in [2.05, 4.69) is 15.3 Å². The molecule has 0 unspecified atom stereocenters. The van der Waals surface area contributed by atoms with E-state index in [4.69, 9.17) is 4.74 Å². The van der Waals surface area contributed by atoms with E-state index in [1.807, 2.05) is 0 Å². The van der Waals surface area contributed by atoms with Gasteiger partial charge in [-0.3, -0.25) is 14.6 Å². The minimum atomic E-state index is -3.17. The minimum Gasteiger partial charge on any atom is -0.381 e. The van der Waals surface area contributed by atoms with Gasteiger partial charge in [0, 0.05) is 50.5 Å². The minimum absolute atomic E-state index is 0.00302. The summed E-state index contributed by atoms with van der Waals surface area (Å²) in [5.41, 5.74) is 0. The van der Waals surface area contributed by atoms with Crippen LogP contribution in [0.2, 0.25) is 0 Å². The lowest BCUT2D eigenvalue weighted by molar-refractivity contribution is -0.130. The normalized spacial score (nSPS) is 25.1. The van der Waals surface area contributed by atoms with Crippen LogP contribution in [0.25, 0.3) is 0 Å². The van der Waals surface area contributed by atoms with Gasteiger partial charge in [-0.05, 0) is 11.8 Å². The van der Waals surface area contributed by atoms with Gasteiger partial charge in [0.05, 0.1) is 25.2 Å². The predicted molar refractivity (Wildman–Crippen MR) is 97.5 cm³/mol. The first-order valence-corrected chi connectivity index (χ1v) is 11.0. The second-order valence-electron chi connectivity index (χ2n) is 7.24. The molecule has 148 valence electrons. The van der Waals surface area contributed by atoms with Crippen molar-refractivity contribution < 1.29 is 22.7 Å². The van der Waals surface area contributed by atoms with Crippen molar-refractivity contribution in [2.45, 2.75) is 12.8 Å². The van der Waals surface area contributed by atoms with Crippen LogP contribution < -0.4 is 5.32 Å². The van der Waals surface area contributed by atoms with E-state index in [1.165, 1.54) is 18.6 Å². The van der Waals surface area contributed by atoms with Gasteiger partial charge in [-0.2, -0.15) is 0 Å². The van der Waals surface area contributed by atoms with E-state index >= 15 is 0 Å². The standard InChI is InChI=1S/C17H24N4O5S/c1-27(24,25)5-2-17(23)21-8-13-11-26-10-12(14(13)9-21)6-16(22)20-15-7-18-3-4-19-15/h3-4,7,12-14H,2,5-6,8-11H2,1H3,(H,19,20,22)/t12-,13-,14+/m1/s1. The van der Waals surface area contributed by atoms with Crippen LogP contribution in [0.4, 0.5) is 5.82 Å². The van der Waals surface area contributed by atoms with Crippen LogP contribution in [0.15, 0.2) is 18.6 Å². The molecule has 27 heavy (non-hydrogen) atoms. The van der Waals surface area contributed by atoms with Crippen molar-refractivity contribution in [3.8, 4) is 0 Å². The van der Waals surface area contributed by atoms with E-state index in [1.54, 1.807) is 4.90 Å². The van der Waals surface area contributed by atoms with E-state index in [0.29, 0.717) is 32.1 Å². The van der Waals surface area contributed by atoms with Crippen molar-refractivity contribution in [3.63, 3.8) is 0 Å². The molecule has 1 aromatic heterocycles. The molecule has 0 aromatic carbocycles. The Bertz CT molecular complexity index is 786. The Balaban J connectivity index is 1.56. The Labute approximate surface area is 158 Å². The molecule has 3 atom stereocenters. The van der Waals surface area contributed by atoms with Crippen molar-refractivity contribution in [1.29, 1.82) is 0 Å². The Morgan fingerprint density at radius 1 is 1.30 bits per heavy atom. The van der Waals surface area contributed by atoms with Gasteiger partial charge in [0.1, 0.15) is 9.84 Å². The summed E-state index contributed by atoms with van der Waals surface area (Å²) in [5.74, 6) is 0.305. The number of nitrogens with zero attached hydrogens (tertiary/aromatic N) is 3. The molecule has 2 saturated heterocycles. The van der Waals surface area contributed by atoms with E-state index < -0.39 is 9.84 Å². The summed E-state index contributed by atoms with van der Waals surface area (Å²) in [6, 6.07) is 0. The molecular formula is C17H24N4O5S. The van der Waals surface area contributed by atoms with Crippen molar-refractivity contribution in [1.82, 2.24) is 14.9 Å². The van der Waals surface area contributed by atoms with Crippen LogP contribution in [0.3, 0.4) is 0 Å². The highest BCUT2D eigenvalue weighted by Crippen LogP contribution is 2.36. The second kappa shape index (κ2) is 8.30. The Morgan fingerprint density at radius 3 is 2.81 bits per heavy atom. The van der Waals surface area contributed by atoms with E-state index in [0.717, 1.165) is 6.26 Å². The van der Waals surface area contributed by atoms with Crippen LogP contribution in [0, 0.1) is 17.8 Å². The lowest BCUT2D eigenvalue weighted by atomic mass is 9.81. The topological polar surface area (TPSA) is 119 Å². The summed E-state index contributed by atoms with van der Waals surface area (Å²) in [6.45, 7) is 2.12. The number of aromatic nitrogens is 2. The number of nitrogens with one attached hydrogen (secondary N) is 1. The number of hydrogen-bond donors (Lipinski definition) is 1. The average Bonchev–Trinajstić information content (AvgIpc) is 3.05. The van der Waals surface area contributed by atoms with Crippen molar-refractivity contribution in [2.75, 3.05) is 43.6 Å². The number of likely N-dealkylation sites (tertiary alicyclic amines) is 1. The first-order chi connectivity index (χ1) is 12.8. The molecular weight excluding hydrogens is 372 g/mol. The summed E-state index contributed by atoms with van der Waals surface area (Å²) in [4.78, 5) is 34.3. The fourth-order valence-corrected chi connectivity index (χ4v) is 4.29. The number of hydrogen-bond acceptors (Lipinski definition) is 7. The summed E-state index contributed by atoms with van der Waals surface area (Å²) in [5, 5.41) is 2.72. The maximum atomic E-state index is 12.3. The molecule has 2 amide bonds. The molecule has 3 rings (SSSR count). The van der Waals surface area contributed by atoms with Gasteiger partial charge in [-0.15, -0.1) is 0 Å². The number of fused-ring (bicyclic) bond motifs is 1. The smallest absolute Gasteiger partial charge is 0.225 e. The van der Waals surface area contributed by atoms with Gasteiger partial charge in [0.25, 0.3) is 0 Å². The van der Waals surface area contributed by atoms with Crippen molar-refractivity contribution >= 4 is 27.5 Å². The Morgan fingerprint density at radius 2 is 2.11 bits per heavy atom. The maximum Gasteiger partial charge on any atom is 0.225 e. The van der Waals surface area contributed by atoms with Crippen molar-refractivity contribution in [3.05, 3.63) is 18.6 Å². The van der Waals surface area contributed by atoms with Gasteiger partial charge in [-0.25, -0.2) is 13.4 Å². The van der Waals surface area contributed by atoms with Gasteiger partial charge in [0.15, 0.2) is 5.82 Å². The highest BCUT2D eigenvalue weighted by Gasteiger charge is 2.42. The van der Waals surface area contributed by atoms with Gasteiger partial charge in [-0.1, -0.05) is 0 Å². The molecule has 2 aliphatic heterocycles. The maximum absolute atomic E-state index is 12.3. The van der Waals surface area contributed by atoms with Crippen LogP contribution in [0.5, 0.6) is 0 Å². The SMILES string of the molecule is CS(=O)(=O)CCC(=O)N1C[C@@H]2COC[C@@H](CC(=O)Nc3cnccn3)[C@@H]2C1. The monoisotopic (exact) mass is 396 g/mol. The number of carbonyl (C=O) groups excluding carboxylic acids is 2. The molecule has 3 heterocycles. The largest absolute Gasteiger partial charge is 0.381 e. The third kappa shape index (κ3) is 5.46. The highest BCUT2D eigenvalue weighted by atomic mass is 32.2. The summed E-state index contributed by atoms with van der Waals surface area (Å²) >= 11 is 0. The number of sulfone groups is 1. The number of anilines is 1. The lowest BCUT2D eigenvalue weighted by Gasteiger charge is -2.32. The molecule has 0 saturated carbocycles.